The Morgan fingerprint density at radius 1 is 0.426 bits per heavy atom. The summed E-state index contributed by atoms with van der Waals surface area (Å²) >= 11 is 0. The summed E-state index contributed by atoms with van der Waals surface area (Å²) in [5.74, 6) is 0. The van der Waals surface area contributed by atoms with Gasteiger partial charge in [-0.3, -0.25) is 29.9 Å². The van der Waals surface area contributed by atoms with Gasteiger partial charge >= 0.3 is 0 Å². The molecule has 7 nitrogen and oxygen atoms in total. The molecule has 0 N–H and O–H groups in total. The second-order valence-corrected chi connectivity index (χ2v) is 10.2. The van der Waals surface area contributed by atoms with Crippen molar-refractivity contribution in [2.24, 2.45) is 7.05 Å². The van der Waals surface area contributed by atoms with Gasteiger partial charge in [0.2, 0.25) is 0 Å². The normalized spacial score (nSPS) is 10.1. The number of pyridine rings is 7. The van der Waals surface area contributed by atoms with Gasteiger partial charge in [0.05, 0.1) is 34.2 Å². The molecule has 0 spiro atoms. The molecule has 0 aliphatic carbocycles. The molecular formula is C39H34N7Os+. The van der Waals surface area contributed by atoms with E-state index in [0.29, 0.717) is 0 Å². The molecule has 47 heavy (non-hydrogen) atoms. The van der Waals surface area contributed by atoms with E-state index in [4.69, 9.17) is 0 Å². The van der Waals surface area contributed by atoms with Crippen LogP contribution in [0.25, 0.3) is 46.3 Å². The van der Waals surface area contributed by atoms with Crippen molar-refractivity contribution in [1.82, 2.24) is 29.9 Å². The minimum absolute atomic E-state index is 0. The van der Waals surface area contributed by atoms with Gasteiger partial charge < -0.3 is 0 Å². The SMILES string of the molecule is Cc1ccnc(-c2cc(/C=C/c3cc[n+](C)cc3)ccn2)c1.[Os].c1ccc(-c2ccccn2)nc1.c1ccc(-c2ccccn2)nc1. The molecule has 0 atom stereocenters. The molecule has 8 heteroatoms. The monoisotopic (exact) mass is 792 g/mol. The van der Waals surface area contributed by atoms with Crippen LogP contribution < -0.4 is 4.57 Å². The van der Waals surface area contributed by atoms with E-state index in [2.05, 4.69) is 67.2 Å². The van der Waals surface area contributed by atoms with Gasteiger partial charge in [-0.25, -0.2) is 4.57 Å². The fourth-order valence-electron chi connectivity index (χ4n) is 4.24. The Hall–Kier alpha value is -5.57. The van der Waals surface area contributed by atoms with Crippen molar-refractivity contribution in [3.63, 3.8) is 0 Å². The van der Waals surface area contributed by atoms with Gasteiger partial charge in [0.15, 0.2) is 12.4 Å². The van der Waals surface area contributed by atoms with E-state index < -0.39 is 0 Å². The quantitative estimate of drug-likeness (QED) is 0.166. The van der Waals surface area contributed by atoms with Crippen LogP contribution >= 0.6 is 0 Å². The Labute approximate surface area is 288 Å². The van der Waals surface area contributed by atoms with Crippen LogP contribution in [0.15, 0.2) is 159 Å². The van der Waals surface area contributed by atoms with Gasteiger partial charge in [-0.05, 0) is 96.4 Å². The van der Waals surface area contributed by atoms with Crippen LogP contribution in [-0.4, -0.2) is 29.9 Å². The molecule has 0 aliphatic rings. The van der Waals surface area contributed by atoms with E-state index >= 15 is 0 Å². The zero-order valence-corrected chi connectivity index (χ0v) is 28.7. The summed E-state index contributed by atoms with van der Waals surface area (Å²) in [7, 11) is 2.01. The van der Waals surface area contributed by atoms with Crippen molar-refractivity contribution in [2.45, 2.75) is 6.92 Å². The molecule has 0 aliphatic heterocycles. The molecular weight excluding hydrogens is 757 g/mol. The van der Waals surface area contributed by atoms with Gasteiger partial charge in [0, 0.05) is 69.1 Å². The van der Waals surface area contributed by atoms with E-state index in [9.17, 15) is 0 Å². The van der Waals surface area contributed by atoms with Crippen LogP contribution in [0.2, 0.25) is 0 Å². The number of nitrogens with zero attached hydrogens (tertiary/aromatic N) is 7. The maximum Gasteiger partial charge on any atom is 0.169 e. The Morgan fingerprint density at radius 3 is 1.26 bits per heavy atom. The molecule has 0 saturated carbocycles. The van der Waals surface area contributed by atoms with E-state index in [-0.39, 0.29) is 19.8 Å². The molecule has 7 rings (SSSR count). The number of aromatic nitrogens is 7. The average Bonchev–Trinajstić information content (AvgIpc) is 3.14. The number of hydrogen-bond donors (Lipinski definition) is 0. The van der Waals surface area contributed by atoms with Crippen LogP contribution in [-0.2, 0) is 26.8 Å². The summed E-state index contributed by atoms with van der Waals surface area (Å²) in [6.45, 7) is 2.06. The summed E-state index contributed by atoms with van der Waals surface area (Å²) in [4.78, 5) is 25.6. The Bertz CT molecular complexity index is 1790. The first-order valence-electron chi connectivity index (χ1n) is 14.8. The number of hydrogen-bond acceptors (Lipinski definition) is 6. The first-order valence-corrected chi connectivity index (χ1v) is 14.8. The first-order chi connectivity index (χ1) is 22.6. The minimum Gasteiger partial charge on any atom is -0.255 e. The van der Waals surface area contributed by atoms with Gasteiger partial charge in [-0.15, -0.1) is 0 Å². The second-order valence-electron chi connectivity index (χ2n) is 10.2. The first kappa shape index (κ1) is 34.3. The van der Waals surface area contributed by atoms with E-state index in [1.54, 1.807) is 24.8 Å². The molecule has 232 valence electrons. The van der Waals surface area contributed by atoms with Crippen LogP contribution in [0, 0.1) is 6.92 Å². The molecule has 0 fully saturated rings. The van der Waals surface area contributed by atoms with E-state index in [0.717, 1.165) is 39.7 Å². The third-order valence-electron chi connectivity index (χ3n) is 6.62. The standard InChI is InChI=1S/C19H18N3.2C10H8N2.Os/c1-15-5-9-20-18(13-15)19-14-17(6-10-21-19)4-3-16-7-11-22(2)12-8-16;2*1-3-7-11-9(5-1)10-6-2-4-8-12-10;/h3-14H,1-2H3;2*1-8H;/q+1;;;/b4-3+;;;. The van der Waals surface area contributed by atoms with Gasteiger partial charge in [-0.1, -0.05) is 36.4 Å². The maximum absolute atomic E-state index is 4.42. The summed E-state index contributed by atoms with van der Waals surface area (Å²) in [6.07, 6.45) is 19.0. The molecule has 7 aromatic heterocycles. The summed E-state index contributed by atoms with van der Waals surface area (Å²) in [5, 5.41) is 0. The molecule has 7 aromatic rings. The molecule has 0 unspecified atom stereocenters. The van der Waals surface area contributed by atoms with Crippen molar-refractivity contribution in [3.05, 3.63) is 175 Å². The minimum atomic E-state index is 0. The zero-order valence-electron chi connectivity index (χ0n) is 26.1. The predicted octanol–water partition coefficient (Wildman–Crippen LogP) is 7.73. The van der Waals surface area contributed by atoms with Gasteiger partial charge in [-0.2, -0.15) is 0 Å². The van der Waals surface area contributed by atoms with Crippen molar-refractivity contribution in [2.75, 3.05) is 0 Å². The van der Waals surface area contributed by atoms with E-state index in [1.165, 1.54) is 11.1 Å². The topological polar surface area (TPSA) is 81.2 Å². The third-order valence-corrected chi connectivity index (χ3v) is 6.62. The predicted molar refractivity (Wildman–Crippen MR) is 184 cm³/mol. The van der Waals surface area contributed by atoms with Crippen molar-refractivity contribution in [3.8, 4) is 34.2 Å². The number of rotatable bonds is 5. The maximum atomic E-state index is 4.42. The molecule has 0 amide bonds. The summed E-state index contributed by atoms with van der Waals surface area (Å²) < 4.78 is 2.02. The third kappa shape index (κ3) is 11.1. The Kier molecular flexibility index (Phi) is 13.4. The Balaban J connectivity index is 0.000000170. The molecule has 0 saturated heterocycles. The van der Waals surface area contributed by atoms with Gasteiger partial charge in [0.1, 0.15) is 7.05 Å². The zero-order chi connectivity index (χ0) is 31.8. The Morgan fingerprint density at radius 2 is 0.830 bits per heavy atom. The molecule has 7 heterocycles. The molecule has 0 radical (unpaired) electrons. The van der Waals surface area contributed by atoms with Crippen molar-refractivity contribution < 1.29 is 24.4 Å². The van der Waals surface area contributed by atoms with Crippen LogP contribution in [0.1, 0.15) is 16.7 Å². The fourth-order valence-corrected chi connectivity index (χ4v) is 4.24. The van der Waals surface area contributed by atoms with Crippen molar-refractivity contribution >= 4 is 12.2 Å². The molecule has 0 bridgehead atoms. The largest absolute Gasteiger partial charge is 0.255 e. The summed E-state index contributed by atoms with van der Waals surface area (Å²) in [6, 6.07) is 35.5. The smallest absolute Gasteiger partial charge is 0.169 e. The van der Waals surface area contributed by atoms with Gasteiger partial charge in [0.25, 0.3) is 0 Å². The van der Waals surface area contributed by atoms with Crippen LogP contribution in [0.5, 0.6) is 0 Å². The summed E-state index contributed by atoms with van der Waals surface area (Å²) in [5.41, 5.74) is 8.93. The second kappa shape index (κ2) is 18.4. The molecule has 0 aromatic carbocycles. The van der Waals surface area contributed by atoms with Crippen molar-refractivity contribution in [1.29, 1.82) is 0 Å². The van der Waals surface area contributed by atoms with Crippen LogP contribution in [0.3, 0.4) is 0 Å². The fraction of sp³-hybridized carbons (Fsp3) is 0.0513. The van der Waals surface area contributed by atoms with Crippen LogP contribution in [0.4, 0.5) is 0 Å². The van der Waals surface area contributed by atoms with E-state index in [1.807, 2.05) is 127 Å². The average molecular weight is 791 g/mol. The number of aryl methyl sites for hydroxylation is 2.